The van der Waals surface area contributed by atoms with Gasteiger partial charge in [0, 0.05) is 18.8 Å². The Bertz CT molecular complexity index is 364. The summed E-state index contributed by atoms with van der Waals surface area (Å²) in [5.41, 5.74) is 0.947. The summed E-state index contributed by atoms with van der Waals surface area (Å²) < 4.78 is 2.07. The van der Waals surface area contributed by atoms with E-state index in [0.29, 0.717) is 6.04 Å². The zero-order valence-corrected chi connectivity index (χ0v) is 10.4. The van der Waals surface area contributed by atoms with Crippen LogP contribution in [0.3, 0.4) is 0 Å². The van der Waals surface area contributed by atoms with E-state index in [1.54, 1.807) is 0 Å². The predicted octanol–water partition coefficient (Wildman–Crippen LogP) is 2.55. The van der Waals surface area contributed by atoms with Crippen molar-refractivity contribution in [2.75, 3.05) is 6.54 Å². The SMILES string of the molecule is Cc1nn(C2CCC2CNC2CC2)cc1Cl. The molecule has 0 aliphatic heterocycles. The molecule has 1 heterocycles. The Morgan fingerprint density at radius 3 is 2.75 bits per heavy atom. The summed E-state index contributed by atoms with van der Waals surface area (Å²) in [4.78, 5) is 0. The summed E-state index contributed by atoms with van der Waals surface area (Å²) >= 11 is 6.04. The lowest BCUT2D eigenvalue weighted by Crippen LogP contribution is -2.37. The third kappa shape index (κ3) is 1.98. The zero-order valence-electron chi connectivity index (χ0n) is 9.62. The number of rotatable bonds is 4. The van der Waals surface area contributed by atoms with E-state index in [-0.39, 0.29) is 0 Å². The maximum Gasteiger partial charge on any atom is 0.0815 e. The third-order valence-corrected chi connectivity index (χ3v) is 4.19. The van der Waals surface area contributed by atoms with Crippen molar-refractivity contribution >= 4 is 11.6 Å². The van der Waals surface area contributed by atoms with Crippen LogP contribution >= 0.6 is 11.6 Å². The molecule has 1 N–H and O–H groups in total. The second kappa shape index (κ2) is 4.04. The van der Waals surface area contributed by atoms with Crippen LogP contribution in [0.25, 0.3) is 0 Å². The molecule has 2 aliphatic carbocycles. The van der Waals surface area contributed by atoms with Gasteiger partial charge < -0.3 is 5.32 Å². The number of nitrogens with zero attached hydrogens (tertiary/aromatic N) is 2. The van der Waals surface area contributed by atoms with Crippen molar-refractivity contribution in [2.24, 2.45) is 5.92 Å². The molecule has 0 bridgehead atoms. The van der Waals surface area contributed by atoms with Crippen LogP contribution in [0.1, 0.15) is 37.4 Å². The molecule has 16 heavy (non-hydrogen) atoms. The quantitative estimate of drug-likeness (QED) is 0.875. The Hall–Kier alpha value is -0.540. The van der Waals surface area contributed by atoms with Crippen molar-refractivity contribution in [1.29, 1.82) is 0 Å². The van der Waals surface area contributed by atoms with E-state index in [1.807, 2.05) is 13.1 Å². The van der Waals surface area contributed by atoms with Crippen LogP contribution in [-0.4, -0.2) is 22.4 Å². The van der Waals surface area contributed by atoms with Crippen LogP contribution in [0.5, 0.6) is 0 Å². The van der Waals surface area contributed by atoms with Gasteiger partial charge in [-0.1, -0.05) is 11.6 Å². The molecule has 2 saturated carbocycles. The zero-order chi connectivity index (χ0) is 11.1. The summed E-state index contributed by atoms with van der Waals surface area (Å²) in [6.07, 6.45) is 7.27. The molecular weight excluding hydrogens is 222 g/mol. The van der Waals surface area contributed by atoms with Crippen molar-refractivity contribution in [3.8, 4) is 0 Å². The van der Waals surface area contributed by atoms with Gasteiger partial charge in [-0.15, -0.1) is 0 Å². The molecule has 2 unspecified atom stereocenters. The molecule has 3 rings (SSSR count). The maximum absolute atomic E-state index is 6.04. The second-order valence-corrected chi connectivity index (χ2v) is 5.54. The number of hydrogen-bond acceptors (Lipinski definition) is 2. The van der Waals surface area contributed by atoms with Gasteiger partial charge in [0.2, 0.25) is 0 Å². The fraction of sp³-hybridized carbons (Fsp3) is 0.750. The molecular formula is C12H18ClN3. The van der Waals surface area contributed by atoms with Gasteiger partial charge in [0.15, 0.2) is 0 Å². The molecule has 2 fully saturated rings. The minimum atomic E-state index is 0.567. The summed E-state index contributed by atoms with van der Waals surface area (Å²) in [7, 11) is 0. The van der Waals surface area contributed by atoms with Crippen molar-refractivity contribution in [2.45, 2.75) is 44.7 Å². The molecule has 0 saturated heterocycles. The van der Waals surface area contributed by atoms with Crippen molar-refractivity contribution < 1.29 is 0 Å². The predicted molar refractivity (Wildman–Crippen MR) is 64.8 cm³/mol. The van der Waals surface area contributed by atoms with Crippen LogP contribution in [-0.2, 0) is 0 Å². The van der Waals surface area contributed by atoms with Crippen molar-refractivity contribution in [1.82, 2.24) is 15.1 Å². The number of halogens is 1. The smallest absolute Gasteiger partial charge is 0.0815 e. The second-order valence-electron chi connectivity index (χ2n) is 5.13. The molecule has 2 atom stereocenters. The Morgan fingerprint density at radius 1 is 1.44 bits per heavy atom. The highest BCUT2D eigenvalue weighted by molar-refractivity contribution is 6.31. The number of aryl methyl sites for hydroxylation is 1. The van der Waals surface area contributed by atoms with Gasteiger partial charge in [0.1, 0.15) is 0 Å². The summed E-state index contributed by atoms with van der Waals surface area (Å²) in [6.45, 7) is 3.11. The molecule has 4 heteroatoms. The fourth-order valence-electron chi connectivity index (χ4n) is 2.37. The molecule has 88 valence electrons. The van der Waals surface area contributed by atoms with Gasteiger partial charge in [-0.25, -0.2) is 0 Å². The number of aromatic nitrogens is 2. The molecule has 0 aromatic carbocycles. The van der Waals surface area contributed by atoms with Gasteiger partial charge in [-0.3, -0.25) is 4.68 Å². The lowest BCUT2D eigenvalue weighted by Gasteiger charge is -2.37. The molecule has 1 aromatic rings. The van der Waals surface area contributed by atoms with Crippen molar-refractivity contribution in [3.05, 3.63) is 16.9 Å². The number of hydrogen-bond donors (Lipinski definition) is 1. The Kier molecular flexibility index (Phi) is 2.68. The fourth-order valence-corrected chi connectivity index (χ4v) is 2.51. The Balaban J connectivity index is 1.61. The minimum absolute atomic E-state index is 0.567. The van der Waals surface area contributed by atoms with Crippen LogP contribution < -0.4 is 5.32 Å². The van der Waals surface area contributed by atoms with Gasteiger partial charge in [0.25, 0.3) is 0 Å². The molecule has 0 radical (unpaired) electrons. The molecule has 1 aromatic heterocycles. The summed E-state index contributed by atoms with van der Waals surface area (Å²) in [6, 6.07) is 1.38. The van der Waals surface area contributed by atoms with Crippen LogP contribution in [0.4, 0.5) is 0 Å². The van der Waals surface area contributed by atoms with Crippen LogP contribution in [0.15, 0.2) is 6.20 Å². The maximum atomic E-state index is 6.04. The summed E-state index contributed by atoms with van der Waals surface area (Å²) in [5.74, 6) is 0.746. The van der Waals surface area contributed by atoms with Crippen LogP contribution in [0, 0.1) is 12.8 Å². The standard InChI is InChI=1S/C12H18ClN3/c1-8-11(13)7-16(15-8)12-5-2-9(12)6-14-10-3-4-10/h7,9-10,12,14H,2-6H2,1H3. The highest BCUT2D eigenvalue weighted by atomic mass is 35.5. The van der Waals surface area contributed by atoms with E-state index in [1.165, 1.54) is 25.7 Å². The first-order valence-corrected chi connectivity index (χ1v) is 6.56. The van der Waals surface area contributed by atoms with Crippen molar-refractivity contribution in [3.63, 3.8) is 0 Å². The molecule has 2 aliphatic rings. The largest absolute Gasteiger partial charge is 0.314 e. The molecule has 0 spiro atoms. The Morgan fingerprint density at radius 2 is 2.25 bits per heavy atom. The van der Waals surface area contributed by atoms with E-state index in [2.05, 4.69) is 15.1 Å². The normalized spacial score (nSPS) is 29.1. The summed E-state index contributed by atoms with van der Waals surface area (Å²) in [5, 5.41) is 8.88. The topological polar surface area (TPSA) is 29.9 Å². The van der Waals surface area contributed by atoms with Gasteiger partial charge in [-0.05, 0) is 38.5 Å². The Labute approximate surface area is 101 Å². The van der Waals surface area contributed by atoms with Gasteiger partial charge in [-0.2, -0.15) is 5.10 Å². The first-order chi connectivity index (χ1) is 7.74. The van der Waals surface area contributed by atoms with E-state index in [0.717, 1.165) is 29.2 Å². The average Bonchev–Trinajstić information content (AvgIpc) is 2.94. The average molecular weight is 240 g/mol. The highest BCUT2D eigenvalue weighted by Gasteiger charge is 2.34. The first-order valence-electron chi connectivity index (χ1n) is 6.18. The number of nitrogens with one attached hydrogen (secondary N) is 1. The minimum Gasteiger partial charge on any atom is -0.314 e. The third-order valence-electron chi connectivity index (χ3n) is 3.82. The van der Waals surface area contributed by atoms with E-state index in [9.17, 15) is 0 Å². The highest BCUT2D eigenvalue weighted by Crippen LogP contribution is 2.38. The van der Waals surface area contributed by atoms with E-state index >= 15 is 0 Å². The molecule has 0 amide bonds. The lowest BCUT2D eigenvalue weighted by atomic mass is 9.79. The van der Waals surface area contributed by atoms with E-state index < -0.39 is 0 Å². The lowest BCUT2D eigenvalue weighted by molar-refractivity contribution is 0.162. The van der Waals surface area contributed by atoms with Gasteiger partial charge >= 0.3 is 0 Å². The van der Waals surface area contributed by atoms with E-state index in [4.69, 9.17) is 11.6 Å². The monoisotopic (exact) mass is 239 g/mol. The van der Waals surface area contributed by atoms with Gasteiger partial charge in [0.05, 0.1) is 16.8 Å². The van der Waals surface area contributed by atoms with Crippen LogP contribution in [0.2, 0.25) is 5.02 Å². The first kappa shape index (κ1) is 10.6. The molecule has 3 nitrogen and oxygen atoms in total.